The molecule has 0 aromatic heterocycles. The summed E-state index contributed by atoms with van der Waals surface area (Å²) in [6, 6.07) is 14.8. The summed E-state index contributed by atoms with van der Waals surface area (Å²) < 4.78 is 0. The highest BCUT2D eigenvalue weighted by Crippen LogP contribution is 2.28. The Kier molecular flexibility index (Phi) is 4.15. The summed E-state index contributed by atoms with van der Waals surface area (Å²) in [6.45, 7) is 3.94. The number of hydrogen-bond acceptors (Lipinski definition) is 2. The molecular formula is C19H20N2O2. The molecule has 1 heterocycles. The Hall–Kier alpha value is -2.62. The van der Waals surface area contributed by atoms with Gasteiger partial charge in [-0.3, -0.25) is 14.5 Å². The van der Waals surface area contributed by atoms with E-state index in [4.69, 9.17) is 0 Å². The van der Waals surface area contributed by atoms with E-state index in [9.17, 15) is 9.59 Å². The SMILES string of the molecule is Cc1cccc(C)c1NC(=O)C1CCC(=O)N1c1ccccc1. The van der Waals surface area contributed by atoms with Crippen LogP contribution >= 0.6 is 0 Å². The lowest BCUT2D eigenvalue weighted by Gasteiger charge is -2.24. The van der Waals surface area contributed by atoms with Gasteiger partial charge in [0.15, 0.2) is 0 Å². The molecule has 118 valence electrons. The van der Waals surface area contributed by atoms with Crippen LogP contribution in [0.5, 0.6) is 0 Å². The molecule has 1 N–H and O–H groups in total. The van der Waals surface area contributed by atoms with Gasteiger partial charge in [0.2, 0.25) is 11.8 Å². The maximum Gasteiger partial charge on any atom is 0.247 e. The highest BCUT2D eigenvalue weighted by molar-refractivity contribution is 6.07. The van der Waals surface area contributed by atoms with E-state index in [1.165, 1.54) is 0 Å². The van der Waals surface area contributed by atoms with Crippen molar-refractivity contribution < 1.29 is 9.59 Å². The Labute approximate surface area is 136 Å². The first kappa shape index (κ1) is 15.3. The first-order chi connectivity index (χ1) is 11.1. The monoisotopic (exact) mass is 308 g/mol. The zero-order valence-corrected chi connectivity index (χ0v) is 13.4. The number of para-hydroxylation sites is 2. The lowest BCUT2D eigenvalue weighted by Crippen LogP contribution is -2.42. The van der Waals surface area contributed by atoms with Gasteiger partial charge in [0.1, 0.15) is 6.04 Å². The van der Waals surface area contributed by atoms with E-state index in [2.05, 4.69) is 5.32 Å². The number of nitrogens with one attached hydrogen (secondary N) is 1. The van der Waals surface area contributed by atoms with Crippen LogP contribution in [-0.4, -0.2) is 17.9 Å². The molecule has 1 aliphatic rings. The zero-order valence-electron chi connectivity index (χ0n) is 13.4. The third-order valence-electron chi connectivity index (χ3n) is 4.28. The second kappa shape index (κ2) is 6.24. The summed E-state index contributed by atoms with van der Waals surface area (Å²) in [4.78, 5) is 26.6. The van der Waals surface area contributed by atoms with Crippen molar-refractivity contribution in [3.8, 4) is 0 Å². The number of amides is 2. The lowest BCUT2D eigenvalue weighted by atomic mass is 10.1. The van der Waals surface area contributed by atoms with E-state index < -0.39 is 6.04 Å². The summed E-state index contributed by atoms with van der Waals surface area (Å²) in [5.74, 6) is -0.130. The fourth-order valence-electron chi connectivity index (χ4n) is 3.06. The number of carbonyl (C=O) groups is 2. The number of anilines is 2. The van der Waals surface area contributed by atoms with Crippen LogP contribution in [0.3, 0.4) is 0 Å². The Morgan fingerprint density at radius 3 is 2.35 bits per heavy atom. The van der Waals surface area contributed by atoms with Gasteiger partial charge in [0.05, 0.1) is 0 Å². The molecule has 1 fully saturated rings. The molecule has 0 saturated carbocycles. The average molecular weight is 308 g/mol. The quantitative estimate of drug-likeness (QED) is 0.944. The van der Waals surface area contributed by atoms with Crippen molar-refractivity contribution in [2.75, 3.05) is 10.2 Å². The predicted molar refractivity (Wildman–Crippen MR) is 91.5 cm³/mol. The van der Waals surface area contributed by atoms with Crippen LogP contribution in [0.4, 0.5) is 11.4 Å². The van der Waals surface area contributed by atoms with Crippen molar-refractivity contribution in [1.82, 2.24) is 0 Å². The Balaban J connectivity index is 1.85. The molecule has 4 nitrogen and oxygen atoms in total. The average Bonchev–Trinajstić information content (AvgIpc) is 2.93. The first-order valence-corrected chi connectivity index (χ1v) is 7.82. The van der Waals surface area contributed by atoms with Gasteiger partial charge in [-0.2, -0.15) is 0 Å². The minimum atomic E-state index is -0.455. The van der Waals surface area contributed by atoms with Crippen molar-refractivity contribution in [1.29, 1.82) is 0 Å². The molecule has 3 rings (SSSR count). The van der Waals surface area contributed by atoms with Crippen molar-refractivity contribution in [2.24, 2.45) is 0 Å². The van der Waals surface area contributed by atoms with Gasteiger partial charge >= 0.3 is 0 Å². The van der Waals surface area contributed by atoms with Gasteiger partial charge < -0.3 is 5.32 Å². The van der Waals surface area contributed by atoms with Crippen LogP contribution in [0.15, 0.2) is 48.5 Å². The largest absolute Gasteiger partial charge is 0.324 e. The molecule has 23 heavy (non-hydrogen) atoms. The molecule has 2 aromatic rings. The molecule has 0 aliphatic carbocycles. The van der Waals surface area contributed by atoms with Crippen LogP contribution in [-0.2, 0) is 9.59 Å². The van der Waals surface area contributed by atoms with E-state index in [-0.39, 0.29) is 11.8 Å². The van der Waals surface area contributed by atoms with Crippen LogP contribution < -0.4 is 10.2 Å². The minimum absolute atomic E-state index is 0.00199. The van der Waals surface area contributed by atoms with E-state index in [0.29, 0.717) is 12.8 Å². The van der Waals surface area contributed by atoms with E-state index in [1.54, 1.807) is 4.90 Å². The highest BCUT2D eigenvalue weighted by Gasteiger charge is 2.37. The number of carbonyl (C=O) groups excluding carboxylic acids is 2. The van der Waals surface area contributed by atoms with Crippen LogP contribution in [0, 0.1) is 13.8 Å². The molecule has 0 radical (unpaired) electrons. The standard InChI is InChI=1S/C19H20N2O2/c1-13-7-6-8-14(2)18(13)20-19(23)16-11-12-17(22)21(16)15-9-4-3-5-10-15/h3-10,16H,11-12H2,1-2H3,(H,20,23). The van der Waals surface area contributed by atoms with Gasteiger partial charge in [-0.1, -0.05) is 36.4 Å². The first-order valence-electron chi connectivity index (χ1n) is 7.82. The van der Waals surface area contributed by atoms with Crippen LogP contribution in [0.1, 0.15) is 24.0 Å². The smallest absolute Gasteiger partial charge is 0.247 e. The van der Waals surface area contributed by atoms with Gasteiger partial charge in [0.25, 0.3) is 0 Å². The number of nitrogens with zero attached hydrogens (tertiary/aromatic N) is 1. The van der Waals surface area contributed by atoms with Crippen molar-refractivity contribution in [3.63, 3.8) is 0 Å². The fourth-order valence-corrected chi connectivity index (χ4v) is 3.06. The Morgan fingerprint density at radius 2 is 1.70 bits per heavy atom. The fraction of sp³-hybridized carbons (Fsp3) is 0.263. The summed E-state index contributed by atoms with van der Waals surface area (Å²) in [6.07, 6.45) is 0.949. The summed E-state index contributed by atoms with van der Waals surface area (Å²) in [7, 11) is 0. The summed E-state index contributed by atoms with van der Waals surface area (Å²) >= 11 is 0. The molecule has 1 aliphatic heterocycles. The third-order valence-corrected chi connectivity index (χ3v) is 4.28. The Bertz CT molecular complexity index is 720. The second-order valence-electron chi connectivity index (χ2n) is 5.91. The number of rotatable bonds is 3. The van der Waals surface area contributed by atoms with E-state index in [1.807, 2.05) is 62.4 Å². The van der Waals surface area contributed by atoms with Gasteiger partial charge in [-0.25, -0.2) is 0 Å². The van der Waals surface area contributed by atoms with Gasteiger partial charge in [0, 0.05) is 17.8 Å². The minimum Gasteiger partial charge on any atom is -0.324 e. The predicted octanol–water partition coefficient (Wildman–Crippen LogP) is 3.44. The van der Waals surface area contributed by atoms with Crippen molar-refractivity contribution in [3.05, 3.63) is 59.7 Å². The summed E-state index contributed by atoms with van der Waals surface area (Å²) in [5.41, 5.74) is 3.66. The van der Waals surface area contributed by atoms with Crippen LogP contribution in [0.2, 0.25) is 0 Å². The molecule has 2 aromatic carbocycles. The van der Waals surface area contributed by atoms with E-state index in [0.717, 1.165) is 22.5 Å². The van der Waals surface area contributed by atoms with Crippen molar-refractivity contribution >= 4 is 23.2 Å². The molecule has 1 saturated heterocycles. The molecule has 1 unspecified atom stereocenters. The lowest BCUT2D eigenvalue weighted by molar-refractivity contribution is -0.120. The number of aryl methyl sites for hydroxylation is 2. The second-order valence-corrected chi connectivity index (χ2v) is 5.91. The van der Waals surface area contributed by atoms with Gasteiger partial charge in [-0.05, 0) is 43.5 Å². The van der Waals surface area contributed by atoms with E-state index >= 15 is 0 Å². The zero-order chi connectivity index (χ0) is 16.4. The van der Waals surface area contributed by atoms with Gasteiger partial charge in [-0.15, -0.1) is 0 Å². The topological polar surface area (TPSA) is 49.4 Å². The maximum atomic E-state index is 12.7. The molecule has 2 amide bonds. The maximum absolute atomic E-state index is 12.7. The molecule has 0 spiro atoms. The molecule has 1 atom stereocenters. The highest BCUT2D eigenvalue weighted by atomic mass is 16.2. The summed E-state index contributed by atoms with van der Waals surface area (Å²) in [5, 5.41) is 3.01. The normalized spacial score (nSPS) is 17.4. The number of benzene rings is 2. The molecule has 0 bridgehead atoms. The van der Waals surface area contributed by atoms with Crippen molar-refractivity contribution in [2.45, 2.75) is 32.7 Å². The van der Waals surface area contributed by atoms with Crippen LogP contribution in [0.25, 0.3) is 0 Å². The molecular weight excluding hydrogens is 288 g/mol. The Morgan fingerprint density at radius 1 is 1.04 bits per heavy atom. The third kappa shape index (κ3) is 2.97. The number of hydrogen-bond donors (Lipinski definition) is 1. The molecule has 4 heteroatoms.